The number of Topliss-reactive ketones (excluding diaryl/α,β-unsaturated/α-hetero) is 1. The molecule has 4 heteroatoms. The number of carbonyl (C=O) groups is 1. The summed E-state index contributed by atoms with van der Waals surface area (Å²) in [7, 11) is 1.51. The topological polar surface area (TPSA) is 58.6 Å². The molecule has 0 radical (unpaired) electrons. The number of ketones is 1. The van der Waals surface area contributed by atoms with Crippen molar-refractivity contribution in [2.75, 3.05) is 13.7 Å². The van der Waals surface area contributed by atoms with E-state index in [0.717, 1.165) is 12.1 Å². The number of aromatic hydroxyl groups is 1. The zero-order valence-electron chi connectivity index (χ0n) is 9.19. The van der Waals surface area contributed by atoms with Gasteiger partial charge in [0.1, 0.15) is 0 Å². The van der Waals surface area contributed by atoms with Crippen molar-refractivity contribution in [3.8, 4) is 11.5 Å². The van der Waals surface area contributed by atoms with Crippen LogP contribution >= 0.6 is 0 Å². The lowest BCUT2D eigenvalue weighted by Gasteiger charge is -2.10. The molecule has 0 saturated carbocycles. The first-order chi connectivity index (χ1) is 7.70. The molecule has 1 aliphatic heterocycles. The molecule has 1 atom stereocenters. The van der Waals surface area contributed by atoms with Crippen LogP contribution in [0.2, 0.25) is 0 Å². The number of phenolic OH excluding ortho intramolecular Hbond substituents is 1. The third-order valence-corrected chi connectivity index (χ3v) is 2.83. The third-order valence-electron chi connectivity index (χ3n) is 2.83. The predicted octanol–water partition coefficient (Wildman–Crippen LogP) is 0.874. The number of carbonyl (C=O) groups excluding carboxylic acids is 1. The molecule has 1 saturated heterocycles. The summed E-state index contributed by atoms with van der Waals surface area (Å²) in [5, 5.41) is 12.7. The van der Waals surface area contributed by atoms with Gasteiger partial charge >= 0.3 is 0 Å². The molecule has 0 amide bonds. The summed E-state index contributed by atoms with van der Waals surface area (Å²) in [6, 6.07) is 5.12. The van der Waals surface area contributed by atoms with Crippen molar-refractivity contribution in [2.24, 2.45) is 0 Å². The number of methoxy groups -OCH3 is 1. The summed E-state index contributed by atoms with van der Waals surface area (Å²) in [6.45, 7) is 0.756. The number of nitrogens with one attached hydrogen (secondary N) is 1. The highest BCUT2D eigenvalue weighted by molar-refractivity contribution is 5.86. The molecular weight excluding hydrogens is 206 g/mol. The smallest absolute Gasteiger partial charge is 0.160 e. The van der Waals surface area contributed by atoms with Gasteiger partial charge in [0.2, 0.25) is 0 Å². The van der Waals surface area contributed by atoms with Gasteiger partial charge in [-0.3, -0.25) is 4.79 Å². The van der Waals surface area contributed by atoms with Crippen LogP contribution in [0.1, 0.15) is 12.0 Å². The van der Waals surface area contributed by atoms with Gasteiger partial charge in [0.15, 0.2) is 17.3 Å². The van der Waals surface area contributed by atoms with E-state index in [2.05, 4.69) is 5.32 Å². The minimum atomic E-state index is -0.104. The molecule has 1 unspecified atom stereocenters. The molecule has 16 heavy (non-hydrogen) atoms. The van der Waals surface area contributed by atoms with Crippen LogP contribution in [0.15, 0.2) is 18.2 Å². The van der Waals surface area contributed by atoms with Crippen molar-refractivity contribution >= 4 is 5.78 Å². The summed E-state index contributed by atoms with van der Waals surface area (Å²) < 4.78 is 4.96. The van der Waals surface area contributed by atoms with E-state index in [1.165, 1.54) is 7.11 Å². The van der Waals surface area contributed by atoms with Crippen LogP contribution in [-0.2, 0) is 11.2 Å². The minimum absolute atomic E-state index is 0.104. The average molecular weight is 221 g/mol. The monoisotopic (exact) mass is 221 g/mol. The van der Waals surface area contributed by atoms with Crippen molar-refractivity contribution in [3.63, 3.8) is 0 Å². The zero-order valence-corrected chi connectivity index (χ0v) is 9.19. The Morgan fingerprint density at radius 3 is 2.94 bits per heavy atom. The maximum Gasteiger partial charge on any atom is 0.160 e. The fourth-order valence-electron chi connectivity index (χ4n) is 1.94. The molecule has 2 rings (SSSR count). The fraction of sp³-hybridized carbons (Fsp3) is 0.417. The molecular formula is C12H15NO3. The van der Waals surface area contributed by atoms with Gasteiger partial charge in [0.25, 0.3) is 0 Å². The van der Waals surface area contributed by atoms with Crippen LogP contribution in [-0.4, -0.2) is 30.6 Å². The number of rotatable bonds is 3. The largest absolute Gasteiger partial charge is 0.504 e. The predicted molar refractivity (Wildman–Crippen MR) is 59.8 cm³/mol. The number of phenols is 1. The third kappa shape index (κ3) is 2.17. The molecule has 1 aromatic carbocycles. The van der Waals surface area contributed by atoms with Gasteiger partial charge in [0, 0.05) is 13.0 Å². The molecule has 86 valence electrons. The maximum atomic E-state index is 11.4. The van der Waals surface area contributed by atoms with Crippen molar-refractivity contribution < 1.29 is 14.6 Å². The Balaban J connectivity index is 2.10. The molecule has 2 N–H and O–H groups in total. The van der Waals surface area contributed by atoms with Crippen LogP contribution in [0.5, 0.6) is 11.5 Å². The first-order valence-corrected chi connectivity index (χ1v) is 5.32. The highest BCUT2D eigenvalue weighted by Crippen LogP contribution is 2.27. The Bertz CT molecular complexity index is 403. The van der Waals surface area contributed by atoms with E-state index in [1.54, 1.807) is 12.1 Å². The van der Waals surface area contributed by atoms with E-state index in [9.17, 15) is 9.90 Å². The van der Waals surface area contributed by atoms with E-state index < -0.39 is 0 Å². The Morgan fingerprint density at radius 2 is 2.38 bits per heavy atom. The molecule has 1 aliphatic rings. The van der Waals surface area contributed by atoms with E-state index in [4.69, 9.17) is 4.74 Å². The van der Waals surface area contributed by atoms with Crippen molar-refractivity contribution in [1.82, 2.24) is 5.32 Å². The minimum Gasteiger partial charge on any atom is -0.504 e. The van der Waals surface area contributed by atoms with E-state index in [1.807, 2.05) is 6.07 Å². The zero-order chi connectivity index (χ0) is 11.5. The Labute approximate surface area is 94.2 Å². The number of benzene rings is 1. The van der Waals surface area contributed by atoms with E-state index in [0.29, 0.717) is 18.6 Å². The van der Waals surface area contributed by atoms with Crippen LogP contribution in [0, 0.1) is 0 Å². The second-order valence-electron chi connectivity index (χ2n) is 3.93. The summed E-state index contributed by atoms with van der Waals surface area (Å²) in [6.07, 6.45) is 1.23. The second kappa shape index (κ2) is 4.53. The SMILES string of the molecule is COc1ccc(CC2NCCC2=O)cc1O. The van der Waals surface area contributed by atoms with Crippen molar-refractivity contribution in [3.05, 3.63) is 23.8 Å². The lowest BCUT2D eigenvalue weighted by atomic mass is 10.0. The van der Waals surface area contributed by atoms with Gasteiger partial charge in [0.05, 0.1) is 13.2 Å². The Kier molecular flexibility index (Phi) is 3.10. The lowest BCUT2D eigenvalue weighted by Crippen LogP contribution is -2.29. The number of ether oxygens (including phenoxy) is 1. The highest BCUT2D eigenvalue weighted by Gasteiger charge is 2.23. The van der Waals surface area contributed by atoms with Gasteiger partial charge in [-0.05, 0) is 24.1 Å². The fourth-order valence-corrected chi connectivity index (χ4v) is 1.94. The lowest BCUT2D eigenvalue weighted by molar-refractivity contribution is -0.118. The first kappa shape index (κ1) is 11.0. The summed E-state index contributed by atoms with van der Waals surface area (Å²) >= 11 is 0. The maximum absolute atomic E-state index is 11.4. The molecule has 0 aliphatic carbocycles. The van der Waals surface area contributed by atoms with Gasteiger partial charge in [-0.1, -0.05) is 6.07 Å². The van der Waals surface area contributed by atoms with Gasteiger partial charge in [-0.25, -0.2) is 0 Å². The summed E-state index contributed by atoms with van der Waals surface area (Å²) in [5.74, 6) is 0.815. The van der Waals surface area contributed by atoms with Crippen molar-refractivity contribution in [2.45, 2.75) is 18.9 Å². The number of hydrogen-bond donors (Lipinski definition) is 2. The molecule has 1 aromatic rings. The molecule has 4 nitrogen and oxygen atoms in total. The molecule has 0 aromatic heterocycles. The molecule has 1 fully saturated rings. The van der Waals surface area contributed by atoms with Crippen LogP contribution in [0.3, 0.4) is 0 Å². The van der Waals surface area contributed by atoms with E-state index >= 15 is 0 Å². The van der Waals surface area contributed by atoms with Crippen molar-refractivity contribution in [1.29, 1.82) is 0 Å². The van der Waals surface area contributed by atoms with Gasteiger partial charge in [-0.15, -0.1) is 0 Å². The quantitative estimate of drug-likeness (QED) is 0.795. The summed E-state index contributed by atoms with van der Waals surface area (Å²) in [5.41, 5.74) is 0.936. The van der Waals surface area contributed by atoms with Crippen LogP contribution in [0.25, 0.3) is 0 Å². The van der Waals surface area contributed by atoms with Crippen LogP contribution < -0.4 is 10.1 Å². The van der Waals surface area contributed by atoms with Gasteiger partial charge in [-0.2, -0.15) is 0 Å². The first-order valence-electron chi connectivity index (χ1n) is 5.32. The molecule has 0 bridgehead atoms. The average Bonchev–Trinajstić information content (AvgIpc) is 2.65. The second-order valence-corrected chi connectivity index (χ2v) is 3.93. The standard InChI is InChI=1S/C12H15NO3/c1-16-12-3-2-8(7-11(12)15)6-9-10(14)4-5-13-9/h2-3,7,9,13,15H,4-6H2,1H3. The highest BCUT2D eigenvalue weighted by atomic mass is 16.5. The molecule has 0 spiro atoms. The molecule has 1 heterocycles. The summed E-state index contributed by atoms with van der Waals surface area (Å²) in [4.78, 5) is 11.4. The number of hydrogen-bond acceptors (Lipinski definition) is 4. The normalized spacial score (nSPS) is 20.1. The van der Waals surface area contributed by atoms with Crippen LogP contribution in [0.4, 0.5) is 0 Å². The Hall–Kier alpha value is -1.55. The van der Waals surface area contributed by atoms with E-state index in [-0.39, 0.29) is 17.6 Å². The Morgan fingerprint density at radius 1 is 1.56 bits per heavy atom. The van der Waals surface area contributed by atoms with Gasteiger partial charge < -0.3 is 15.2 Å².